The lowest BCUT2D eigenvalue weighted by Gasteiger charge is -2.30. The van der Waals surface area contributed by atoms with Crippen molar-refractivity contribution in [1.82, 2.24) is 0 Å². The van der Waals surface area contributed by atoms with Crippen molar-refractivity contribution < 1.29 is 10.2 Å². The van der Waals surface area contributed by atoms with Gasteiger partial charge in [-0.1, -0.05) is 91.5 Å². The highest BCUT2D eigenvalue weighted by Crippen LogP contribution is 2.45. The van der Waals surface area contributed by atoms with Gasteiger partial charge in [0.25, 0.3) is 0 Å². The predicted molar refractivity (Wildman–Crippen MR) is 198 cm³/mol. The quantitative estimate of drug-likeness (QED) is 0.197. The van der Waals surface area contributed by atoms with E-state index in [0.717, 1.165) is 43.5 Å². The SMILES string of the molecule is CC(C)(C)c1cc(CS[C@H]2CCCCCC[C@@H]2SCc2cc(C(C)(C)C)cc(-c3cccs3)c2O)c(O)c(-c2cccs2)c1. The highest BCUT2D eigenvalue weighted by molar-refractivity contribution is 8.03. The smallest absolute Gasteiger partial charge is 0.128 e. The zero-order chi connectivity index (χ0) is 31.5. The molecule has 236 valence electrons. The van der Waals surface area contributed by atoms with Crippen LogP contribution in [-0.4, -0.2) is 20.7 Å². The van der Waals surface area contributed by atoms with Crippen LogP contribution in [0.3, 0.4) is 0 Å². The number of aromatic hydroxyl groups is 2. The normalized spacial score (nSPS) is 18.2. The topological polar surface area (TPSA) is 40.5 Å². The molecule has 2 atom stereocenters. The van der Waals surface area contributed by atoms with Crippen molar-refractivity contribution in [2.24, 2.45) is 0 Å². The first-order valence-corrected chi connectivity index (χ1v) is 19.8. The number of hydrogen-bond donors (Lipinski definition) is 2. The van der Waals surface area contributed by atoms with Crippen LogP contribution >= 0.6 is 46.2 Å². The van der Waals surface area contributed by atoms with Crippen molar-refractivity contribution in [1.29, 1.82) is 0 Å². The summed E-state index contributed by atoms with van der Waals surface area (Å²) in [6.45, 7) is 13.5. The van der Waals surface area contributed by atoms with Crippen molar-refractivity contribution in [2.75, 3.05) is 0 Å². The minimum absolute atomic E-state index is 0.00328. The highest BCUT2D eigenvalue weighted by atomic mass is 32.2. The summed E-state index contributed by atoms with van der Waals surface area (Å²) in [5.41, 5.74) is 6.57. The fourth-order valence-electron chi connectivity index (χ4n) is 5.91. The van der Waals surface area contributed by atoms with E-state index < -0.39 is 0 Å². The second kappa shape index (κ2) is 14.3. The lowest BCUT2D eigenvalue weighted by molar-refractivity contribution is 0.470. The Morgan fingerprint density at radius 2 is 1.05 bits per heavy atom. The third-order valence-corrected chi connectivity index (χ3v) is 13.6. The molecule has 0 bridgehead atoms. The third-order valence-electron chi connectivity index (χ3n) is 8.73. The summed E-state index contributed by atoms with van der Waals surface area (Å²) >= 11 is 7.44. The molecule has 1 saturated carbocycles. The number of phenols is 2. The van der Waals surface area contributed by atoms with Gasteiger partial charge in [0.15, 0.2) is 0 Å². The van der Waals surface area contributed by atoms with Gasteiger partial charge in [0.05, 0.1) is 0 Å². The molecule has 2 aromatic heterocycles. The molecule has 0 spiro atoms. The first-order chi connectivity index (χ1) is 20.9. The average molecular weight is 665 g/mol. The molecule has 0 radical (unpaired) electrons. The Labute approximate surface area is 281 Å². The Balaban J connectivity index is 1.39. The van der Waals surface area contributed by atoms with Crippen LogP contribution in [0.4, 0.5) is 0 Å². The lowest BCUT2D eigenvalue weighted by atomic mass is 9.84. The lowest BCUT2D eigenvalue weighted by Crippen LogP contribution is -2.22. The standard InChI is InChI=1S/C38H48O2S4/c1-37(2,3)27-19-25(35(39)29(21-27)31-15-11-17-41-31)23-43-33-13-9-7-8-10-14-34(33)44-24-26-20-28(38(4,5)6)22-30(36(26)40)32-16-12-18-42-32/h11-12,15-22,33-34,39-40H,7-10,13-14,23-24H2,1-6H3/t33-,34-/m0/s1. The molecule has 1 aliphatic rings. The molecule has 44 heavy (non-hydrogen) atoms. The Hall–Kier alpha value is -1.86. The minimum atomic E-state index is 0.00328. The Kier molecular flexibility index (Phi) is 10.9. The number of phenolic OH excluding ortho intramolecular Hbond substituents is 2. The zero-order valence-corrected chi connectivity index (χ0v) is 30.4. The number of thioether (sulfide) groups is 2. The fraction of sp³-hybridized carbons (Fsp3) is 0.474. The molecule has 0 saturated heterocycles. The van der Waals surface area contributed by atoms with E-state index in [1.165, 1.54) is 49.7 Å². The zero-order valence-electron chi connectivity index (χ0n) is 27.1. The maximum atomic E-state index is 11.5. The summed E-state index contributed by atoms with van der Waals surface area (Å²) in [5, 5.41) is 28.2. The molecule has 0 amide bonds. The molecule has 1 aliphatic carbocycles. The molecule has 4 aromatic rings. The number of hydrogen-bond acceptors (Lipinski definition) is 6. The monoisotopic (exact) mass is 664 g/mol. The second-order valence-electron chi connectivity index (χ2n) is 14.2. The molecular formula is C38H48O2S4. The highest BCUT2D eigenvalue weighted by Gasteiger charge is 2.27. The van der Waals surface area contributed by atoms with E-state index in [0.29, 0.717) is 22.0 Å². The summed E-state index contributed by atoms with van der Waals surface area (Å²) in [6.07, 6.45) is 7.54. The van der Waals surface area contributed by atoms with Crippen LogP contribution in [0, 0.1) is 0 Å². The van der Waals surface area contributed by atoms with Crippen molar-refractivity contribution in [3.63, 3.8) is 0 Å². The molecule has 5 rings (SSSR count). The van der Waals surface area contributed by atoms with Gasteiger partial charge in [-0.15, -0.1) is 22.7 Å². The van der Waals surface area contributed by atoms with Gasteiger partial charge >= 0.3 is 0 Å². The molecule has 2 heterocycles. The van der Waals surface area contributed by atoms with Crippen LogP contribution in [-0.2, 0) is 22.3 Å². The summed E-state index contributed by atoms with van der Waals surface area (Å²) in [4.78, 5) is 2.25. The Morgan fingerprint density at radius 3 is 1.39 bits per heavy atom. The van der Waals surface area contributed by atoms with Crippen LogP contribution in [0.25, 0.3) is 20.9 Å². The first kappa shape index (κ1) is 33.5. The molecule has 2 N–H and O–H groups in total. The first-order valence-electron chi connectivity index (χ1n) is 16.0. The van der Waals surface area contributed by atoms with Gasteiger partial charge in [-0.25, -0.2) is 0 Å². The maximum Gasteiger partial charge on any atom is 0.128 e. The van der Waals surface area contributed by atoms with Crippen LogP contribution in [0.15, 0.2) is 59.3 Å². The largest absolute Gasteiger partial charge is 0.507 e. The van der Waals surface area contributed by atoms with Gasteiger partial charge in [0.1, 0.15) is 11.5 Å². The second-order valence-corrected chi connectivity index (χ2v) is 18.6. The molecule has 0 aliphatic heterocycles. The predicted octanol–water partition coefficient (Wildman–Crippen LogP) is 12.4. The van der Waals surface area contributed by atoms with Crippen molar-refractivity contribution >= 4 is 46.2 Å². The molecule has 2 aromatic carbocycles. The van der Waals surface area contributed by atoms with E-state index in [2.05, 4.69) is 101 Å². The summed E-state index contributed by atoms with van der Waals surface area (Å²) in [5.74, 6) is 2.49. The van der Waals surface area contributed by atoms with Crippen molar-refractivity contribution in [3.8, 4) is 32.4 Å². The number of rotatable bonds is 8. The van der Waals surface area contributed by atoms with E-state index in [9.17, 15) is 10.2 Å². The van der Waals surface area contributed by atoms with Crippen LogP contribution in [0.2, 0.25) is 0 Å². The molecule has 6 heteroatoms. The fourth-order valence-corrected chi connectivity index (χ4v) is 10.5. The van der Waals surface area contributed by atoms with E-state index in [1.807, 2.05) is 23.5 Å². The number of thiophene rings is 2. The van der Waals surface area contributed by atoms with Crippen LogP contribution in [0.5, 0.6) is 11.5 Å². The van der Waals surface area contributed by atoms with Gasteiger partial charge < -0.3 is 10.2 Å². The van der Waals surface area contributed by atoms with Gasteiger partial charge in [-0.05, 0) is 69.8 Å². The van der Waals surface area contributed by atoms with E-state index >= 15 is 0 Å². The van der Waals surface area contributed by atoms with Crippen LogP contribution < -0.4 is 0 Å². The summed E-state index contributed by atoms with van der Waals surface area (Å²) in [7, 11) is 0. The van der Waals surface area contributed by atoms with Crippen molar-refractivity contribution in [3.05, 3.63) is 81.5 Å². The Morgan fingerprint density at radius 1 is 0.636 bits per heavy atom. The van der Waals surface area contributed by atoms with Gasteiger partial charge in [0, 0.05) is 54.0 Å². The van der Waals surface area contributed by atoms with E-state index in [-0.39, 0.29) is 10.8 Å². The summed E-state index contributed by atoms with van der Waals surface area (Å²) < 4.78 is 0. The van der Waals surface area contributed by atoms with Gasteiger partial charge in [0.2, 0.25) is 0 Å². The minimum Gasteiger partial charge on any atom is -0.507 e. The van der Waals surface area contributed by atoms with E-state index in [1.54, 1.807) is 22.7 Å². The Bertz CT molecular complexity index is 1390. The summed E-state index contributed by atoms with van der Waals surface area (Å²) in [6, 6.07) is 17.2. The number of benzene rings is 2. The molecule has 1 fully saturated rings. The molecular weight excluding hydrogens is 617 g/mol. The third kappa shape index (κ3) is 8.10. The van der Waals surface area contributed by atoms with Gasteiger partial charge in [-0.2, -0.15) is 23.5 Å². The van der Waals surface area contributed by atoms with Crippen LogP contribution in [0.1, 0.15) is 102 Å². The maximum absolute atomic E-state index is 11.5. The average Bonchev–Trinajstić information content (AvgIpc) is 3.68. The van der Waals surface area contributed by atoms with Crippen molar-refractivity contribution in [2.45, 2.75) is 113 Å². The van der Waals surface area contributed by atoms with Gasteiger partial charge in [-0.3, -0.25) is 0 Å². The molecule has 0 unspecified atom stereocenters. The van der Waals surface area contributed by atoms with E-state index in [4.69, 9.17) is 0 Å². The molecule has 2 nitrogen and oxygen atoms in total.